The Hall–Kier alpha value is -2.37. The lowest BCUT2D eigenvalue weighted by Crippen LogP contribution is -2.45. The first-order chi connectivity index (χ1) is 10.7. The molecule has 126 valence electrons. The van der Waals surface area contributed by atoms with Crippen molar-refractivity contribution in [1.29, 1.82) is 0 Å². The molecule has 1 aromatic rings. The molecule has 0 aromatic heterocycles. The molecule has 0 bridgehead atoms. The Kier molecular flexibility index (Phi) is 6.75. The number of esters is 1. The molecular weight excluding hydrogens is 298 g/mol. The molecule has 1 aromatic carbocycles. The summed E-state index contributed by atoms with van der Waals surface area (Å²) in [7, 11) is 1.41. The van der Waals surface area contributed by atoms with Crippen LogP contribution in [0, 0.1) is 0 Å². The average Bonchev–Trinajstić information content (AvgIpc) is 2.49. The summed E-state index contributed by atoms with van der Waals surface area (Å²) in [5.41, 5.74) is 0.135. The van der Waals surface area contributed by atoms with Crippen LogP contribution in [-0.2, 0) is 25.7 Å². The van der Waals surface area contributed by atoms with Crippen LogP contribution in [0.2, 0.25) is 0 Å². The molecule has 0 aliphatic rings. The summed E-state index contributed by atoms with van der Waals surface area (Å²) in [5, 5.41) is 0. The second-order valence-corrected chi connectivity index (χ2v) is 6.10. The van der Waals surface area contributed by atoms with Gasteiger partial charge in [-0.1, -0.05) is 30.3 Å². The molecule has 1 amide bonds. The molecule has 0 saturated heterocycles. The highest BCUT2D eigenvalue weighted by Gasteiger charge is 2.31. The van der Waals surface area contributed by atoms with Gasteiger partial charge in [-0.15, -0.1) is 0 Å². The first-order valence-corrected chi connectivity index (χ1v) is 7.34. The Morgan fingerprint density at radius 2 is 1.83 bits per heavy atom. The van der Waals surface area contributed by atoms with E-state index in [1.54, 1.807) is 20.8 Å². The van der Waals surface area contributed by atoms with Crippen LogP contribution in [0.4, 0.5) is 4.79 Å². The van der Waals surface area contributed by atoms with Gasteiger partial charge in [0.1, 0.15) is 24.5 Å². The fourth-order valence-corrected chi connectivity index (χ4v) is 1.79. The van der Waals surface area contributed by atoms with E-state index in [0.717, 1.165) is 10.5 Å². The van der Waals surface area contributed by atoms with E-state index in [-0.39, 0.29) is 13.0 Å². The molecule has 1 rings (SSSR count). The minimum atomic E-state index is -1.01. The molecule has 0 N–H and O–H groups in total. The van der Waals surface area contributed by atoms with Crippen molar-refractivity contribution in [2.24, 2.45) is 0 Å². The van der Waals surface area contributed by atoms with Crippen molar-refractivity contribution in [2.45, 2.75) is 45.4 Å². The van der Waals surface area contributed by atoms with Crippen molar-refractivity contribution < 1.29 is 23.9 Å². The zero-order valence-corrected chi connectivity index (χ0v) is 13.9. The molecule has 6 heteroatoms. The van der Waals surface area contributed by atoms with E-state index in [1.807, 2.05) is 30.3 Å². The predicted octanol–water partition coefficient (Wildman–Crippen LogP) is 2.55. The third kappa shape index (κ3) is 6.50. The van der Waals surface area contributed by atoms with Crippen LogP contribution in [-0.4, -0.2) is 41.9 Å². The number of carbonyl (C=O) groups is 3. The molecule has 0 spiro atoms. The zero-order valence-electron chi connectivity index (χ0n) is 13.9. The minimum Gasteiger partial charge on any atom is -0.459 e. The fourth-order valence-electron chi connectivity index (χ4n) is 1.79. The number of likely N-dealkylation sites (N-methyl/N-ethyl adjacent to an activating group) is 1. The van der Waals surface area contributed by atoms with Gasteiger partial charge in [-0.3, -0.25) is 4.90 Å². The molecule has 0 aliphatic heterocycles. The Labute approximate surface area is 136 Å². The Bertz CT molecular complexity index is 536. The Balaban J connectivity index is 2.70. The predicted molar refractivity (Wildman–Crippen MR) is 84.7 cm³/mol. The van der Waals surface area contributed by atoms with Crippen LogP contribution in [0.25, 0.3) is 0 Å². The van der Waals surface area contributed by atoms with E-state index < -0.39 is 23.7 Å². The second-order valence-electron chi connectivity index (χ2n) is 6.10. The minimum absolute atomic E-state index is 0.0805. The molecule has 0 unspecified atom stereocenters. The van der Waals surface area contributed by atoms with Crippen LogP contribution in [0.5, 0.6) is 0 Å². The first-order valence-electron chi connectivity index (χ1n) is 7.34. The van der Waals surface area contributed by atoms with Gasteiger partial charge < -0.3 is 14.3 Å². The van der Waals surface area contributed by atoms with Gasteiger partial charge in [-0.2, -0.15) is 0 Å². The van der Waals surface area contributed by atoms with Crippen molar-refractivity contribution in [3.63, 3.8) is 0 Å². The highest BCUT2D eigenvalue weighted by atomic mass is 16.6. The number of hydrogen-bond acceptors (Lipinski definition) is 5. The molecule has 0 saturated carbocycles. The van der Waals surface area contributed by atoms with Gasteiger partial charge in [0.25, 0.3) is 0 Å². The van der Waals surface area contributed by atoms with Crippen molar-refractivity contribution in [3.05, 3.63) is 35.9 Å². The molecule has 0 radical (unpaired) electrons. The lowest BCUT2D eigenvalue weighted by Gasteiger charge is -2.28. The standard InChI is InChI=1S/C17H23NO5/c1-17(2,3)23-16(21)18(4)14(10-11-19)15(20)22-12-13-8-6-5-7-9-13/h5-9,11,14H,10,12H2,1-4H3/t14-/m1/s1. The summed E-state index contributed by atoms with van der Waals surface area (Å²) in [6, 6.07) is 8.15. The Morgan fingerprint density at radius 3 is 2.35 bits per heavy atom. The highest BCUT2D eigenvalue weighted by Crippen LogP contribution is 2.13. The highest BCUT2D eigenvalue weighted by molar-refractivity contribution is 5.83. The SMILES string of the molecule is CN(C(=O)OC(C)(C)C)[C@H](CC=O)C(=O)OCc1ccccc1. The first kappa shape index (κ1) is 18.7. The molecule has 0 aliphatic carbocycles. The third-order valence-corrected chi connectivity index (χ3v) is 2.96. The van der Waals surface area contributed by atoms with Crippen molar-refractivity contribution in [3.8, 4) is 0 Å². The number of amides is 1. The van der Waals surface area contributed by atoms with E-state index in [9.17, 15) is 14.4 Å². The molecule has 6 nitrogen and oxygen atoms in total. The summed E-state index contributed by atoms with van der Waals surface area (Å²) < 4.78 is 10.4. The number of hydrogen-bond donors (Lipinski definition) is 0. The van der Waals surface area contributed by atoms with Gasteiger partial charge in [0.15, 0.2) is 0 Å². The lowest BCUT2D eigenvalue weighted by molar-refractivity contribution is -0.151. The topological polar surface area (TPSA) is 72.9 Å². The maximum Gasteiger partial charge on any atom is 0.410 e. The molecule has 1 atom stereocenters. The van der Waals surface area contributed by atoms with Crippen LogP contribution in [0.1, 0.15) is 32.8 Å². The van der Waals surface area contributed by atoms with Gasteiger partial charge in [-0.25, -0.2) is 9.59 Å². The average molecular weight is 321 g/mol. The van der Waals surface area contributed by atoms with E-state index in [4.69, 9.17) is 9.47 Å². The van der Waals surface area contributed by atoms with Gasteiger partial charge in [0.2, 0.25) is 0 Å². The number of rotatable bonds is 6. The summed E-state index contributed by atoms with van der Waals surface area (Å²) in [4.78, 5) is 36.1. The fraction of sp³-hybridized carbons (Fsp3) is 0.471. The number of nitrogens with zero attached hydrogens (tertiary/aromatic N) is 1. The molecule has 0 fully saturated rings. The summed E-state index contributed by atoms with van der Waals surface area (Å²) in [6.45, 7) is 5.25. The summed E-state index contributed by atoms with van der Waals surface area (Å²) >= 11 is 0. The van der Waals surface area contributed by atoms with Crippen LogP contribution < -0.4 is 0 Å². The molecule has 23 heavy (non-hydrogen) atoms. The maximum atomic E-state index is 12.2. The molecule has 0 heterocycles. The van der Waals surface area contributed by atoms with Crippen LogP contribution in [0.15, 0.2) is 30.3 Å². The van der Waals surface area contributed by atoms with Crippen molar-refractivity contribution >= 4 is 18.3 Å². The van der Waals surface area contributed by atoms with Gasteiger partial charge in [0, 0.05) is 13.5 Å². The van der Waals surface area contributed by atoms with Gasteiger partial charge >= 0.3 is 12.1 Å². The number of ether oxygens (including phenoxy) is 2. The van der Waals surface area contributed by atoms with Crippen molar-refractivity contribution in [1.82, 2.24) is 4.90 Å². The number of aldehydes is 1. The Morgan fingerprint density at radius 1 is 1.22 bits per heavy atom. The summed E-state index contributed by atoms with van der Waals surface area (Å²) in [6.07, 6.45) is -0.250. The van der Waals surface area contributed by atoms with E-state index in [0.29, 0.717) is 6.29 Å². The van der Waals surface area contributed by atoms with Crippen LogP contribution in [0.3, 0.4) is 0 Å². The third-order valence-electron chi connectivity index (χ3n) is 2.96. The van der Waals surface area contributed by atoms with Crippen molar-refractivity contribution in [2.75, 3.05) is 7.05 Å². The molecular formula is C17H23NO5. The second kappa shape index (κ2) is 8.31. The smallest absolute Gasteiger partial charge is 0.410 e. The van der Waals surface area contributed by atoms with E-state index >= 15 is 0 Å². The zero-order chi connectivity index (χ0) is 17.5. The largest absolute Gasteiger partial charge is 0.459 e. The van der Waals surface area contributed by atoms with Crippen LogP contribution >= 0.6 is 0 Å². The summed E-state index contributed by atoms with van der Waals surface area (Å²) in [5.74, 6) is -0.644. The van der Waals surface area contributed by atoms with Gasteiger partial charge in [0.05, 0.1) is 0 Å². The number of benzene rings is 1. The quantitative estimate of drug-likeness (QED) is 0.595. The monoisotopic (exact) mass is 321 g/mol. The van der Waals surface area contributed by atoms with E-state index in [2.05, 4.69) is 0 Å². The normalized spacial score (nSPS) is 12.2. The maximum absolute atomic E-state index is 12.2. The lowest BCUT2D eigenvalue weighted by atomic mass is 10.2. The van der Waals surface area contributed by atoms with Gasteiger partial charge in [-0.05, 0) is 26.3 Å². The number of carbonyl (C=O) groups excluding carboxylic acids is 3. The van der Waals surface area contributed by atoms with E-state index in [1.165, 1.54) is 7.05 Å².